The van der Waals surface area contributed by atoms with E-state index in [9.17, 15) is 4.79 Å². The average Bonchev–Trinajstić information content (AvgIpc) is 2.97. The fraction of sp³-hybridized carbons (Fsp3) is 0.500. The summed E-state index contributed by atoms with van der Waals surface area (Å²) < 4.78 is 3.86. The number of aromatic nitrogens is 4. The predicted octanol–water partition coefficient (Wildman–Crippen LogP) is 1.34. The van der Waals surface area contributed by atoms with Crippen LogP contribution in [0.1, 0.15) is 30.4 Å². The van der Waals surface area contributed by atoms with Gasteiger partial charge in [0.15, 0.2) is 0 Å². The van der Waals surface area contributed by atoms with Crippen molar-refractivity contribution in [3.63, 3.8) is 0 Å². The topological polar surface area (TPSA) is 56.0 Å². The lowest BCUT2D eigenvalue weighted by atomic mass is 10.1. The lowest BCUT2D eigenvalue weighted by molar-refractivity contribution is -0.140. The summed E-state index contributed by atoms with van der Waals surface area (Å²) in [5, 5.41) is 4.48. The largest absolute Gasteiger partial charge is 0.336 e. The second-order valence-electron chi connectivity index (χ2n) is 5.45. The molecule has 2 aromatic heterocycles. The van der Waals surface area contributed by atoms with Crippen molar-refractivity contribution >= 4 is 5.91 Å². The first-order valence-corrected chi connectivity index (χ1v) is 6.85. The van der Waals surface area contributed by atoms with Crippen molar-refractivity contribution < 1.29 is 4.79 Å². The highest BCUT2D eigenvalue weighted by molar-refractivity contribution is 5.80. The Morgan fingerprint density at radius 1 is 1.40 bits per heavy atom. The van der Waals surface area contributed by atoms with Crippen LogP contribution in [0.25, 0.3) is 0 Å². The molecule has 20 heavy (non-hydrogen) atoms. The smallest absolute Gasteiger partial charge is 0.245 e. The minimum atomic E-state index is -0.195. The molecule has 0 aliphatic carbocycles. The minimum absolute atomic E-state index is 0.140. The minimum Gasteiger partial charge on any atom is -0.336 e. The Morgan fingerprint density at radius 2 is 2.15 bits per heavy atom. The van der Waals surface area contributed by atoms with Gasteiger partial charge in [-0.25, -0.2) is 4.98 Å². The van der Waals surface area contributed by atoms with Crippen molar-refractivity contribution in [2.75, 3.05) is 13.1 Å². The number of nitrogens with zero attached hydrogens (tertiary/aromatic N) is 5. The lowest BCUT2D eigenvalue weighted by Gasteiger charge is -2.41. The highest BCUT2D eigenvalue weighted by atomic mass is 16.2. The Kier molecular flexibility index (Phi) is 3.08. The van der Waals surface area contributed by atoms with Crippen molar-refractivity contribution in [2.45, 2.75) is 32.9 Å². The Labute approximate surface area is 118 Å². The number of hydrogen-bond donors (Lipinski definition) is 0. The summed E-state index contributed by atoms with van der Waals surface area (Å²) in [5.74, 6) is 0.140. The van der Waals surface area contributed by atoms with Crippen LogP contribution in [-0.4, -0.2) is 43.2 Å². The average molecular weight is 273 g/mol. The molecule has 6 nitrogen and oxygen atoms in total. The van der Waals surface area contributed by atoms with E-state index in [0.717, 1.165) is 24.5 Å². The quantitative estimate of drug-likeness (QED) is 0.848. The standard InChI is InChI=1S/C14H19N5O/c1-10-6-11(2)19(16-10)13-7-18(8-13)14(20)12(3)17-5-4-15-9-17/h4-6,9,12-13H,7-8H2,1-3H3. The molecular weight excluding hydrogens is 254 g/mol. The summed E-state index contributed by atoms with van der Waals surface area (Å²) in [6.45, 7) is 7.42. The van der Waals surface area contributed by atoms with E-state index in [-0.39, 0.29) is 11.9 Å². The maximum absolute atomic E-state index is 12.3. The summed E-state index contributed by atoms with van der Waals surface area (Å²) in [4.78, 5) is 18.2. The zero-order valence-electron chi connectivity index (χ0n) is 12.0. The number of carbonyl (C=O) groups excluding carboxylic acids is 1. The maximum Gasteiger partial charge on any atom is 0.245 e. The van der Waals surface area contributed by atoms with E-state index in [1.54, 1.807) is 12.5 Å². The predicted molar refractivity (Wildman–Crippen MR) is 74.3 cm³/mol. The molecule has 3 heterocycles. The highest BCUT2D eigenvalue weighted by Crippen LogP contribution is 2.25. The second kappa shape index (κ2) is 4.77. The summed E-state index contributed by atoms with van der Waals surface area (Å²) in [7, 11) is 0. The van der Waals surface area contributed by atoms with E-state index in [0.29, 0.717) is 6.04 Å². The van der Waals surface area contributed by atoms with E-state index < -0.39 is 0 Å². The number of rotatable bonds is 3. The van der Waals surface area contributed by atoms with Crippen molar-refractivity contribution in [2.24, 2.45) is 0 Å². The summed E-state index contributed by atoms with van der Waals surface area (Å²) in [6.07, 6.45) is 5.19. The first-order valence-electron chi connectivity index (χ1n) is 6.85. The van der Waals surface area contributed by atoms with Gasteiger partial charge in [-0.15, -0.1) is 0 Å². The van der Waals surface area contributed by atoms with Crippen LogP contribution in [0.5, 0.6) is 0 Å². The molecule has 0 bridgehead atoms. The Hall–Kier alpha value is -2.11. The van der Waals surface area contributed by atoms with Gasteiger partial charge in [-0.3, -0.25) is 9.48 Å². The maximum atomic E-state index is 12.3. The molecule has 106 valence electrons. The number of aryl methyl sites for hydroxylation is 2. The molecule has 1 amide bonds. The molecule has 0 aromatic carbocycles. The molecule has 1 saturated heterocycles. The van der Waals surface area contributed by atoms with Crippen LogP contribution in [0.15, 0.2) is 24.8 Å². The molecule has 1 aliphatic heterocycles. The first kappa shape index (κ1) is 12.9. The van der Waals surface area contributed by atoms with Crippen LogP contribution in [0.2, 0.25) is 0 Å². The van der Waals surface area contributed by atoms with Gasteiger partial charge in [-0.2, -0.15) is 5.10 Å². The second-order valence-corrected chi connectivity index (χ2v) is 5.45. The molecule has 0 radical (unpaired) electrons. The molecule has 3 rings (SSSR count). The van der Waals surface area contributed by atoms with Gasteiger partial charge >= 0.3 is 0 Å². The third-order valence-corrected chi connectivity index (χ3v) is 3.89. The van der Waals surface area contributed by atoms with Gasteiger partial charge < -0.3 is 9.47 Å². The van der Waals surface area contributed by atoms with Crippen LogP contribution in [0.3, 0.4) is 0 Å². The van der Waals surface area contributed by atoms with Gasteiger partial charge in [-0.1, -0.05) is 0 Å². The normalized spacial score (nSPS) is 17.1. The van der Waals surface area contributed by atoms with Crippen LogP contribution in [0, 0.1) is 13.8 Å². The molecule has 0 spiro atoms. The van der Waals surface area contributed by atoms with Crippen molar-refractivity contribution in [3.05, 3.63) is 36.2 Å². The fourth-order valence-corrected chi connectivity index (χ4v) is 2.70. The summed E-state index contributed by atoms with van der Waals surface area (Å²) in [6, 6.07) is 2.18. The monoisotopic (exact) mass is 273 g/mol. The van der Waals surface area contributed by atoms with Crippen molar-refractivity contribution in [1.29, 1.82) is 0 Å². The van der Waals surface area contributed by atoms with Gasteiger partial charge in [0.05, 0.1) is 18.1 Å². The van der Waals surface area contributed by atoms with E-state index in [4.69, 9.17) is 0 Å². The number of hydrogen-bond acceptors (Lipinski definition) is 3. The summed E-state index contributed by atoms with van der Waals surface area (Å²) >= 11 is 0. The van der Waals surface area contributed by atoms with Crippen molar-refractivity contribution in [3.8, 4) is 0 Å². The Balaban J connectivity index is 1.63. The summed E-state index contributed by atoms with van der Waals surface area (Å²) in [5.41, 5.74) is 2.18. The van der Waals surface area contributed by atoms with Gasteiger partial charge in [0.2, 0.25) is 5.91 Å². The lowest BCUT2D eigenvalue weighted by Crippen LogP contribution is -2.52. The Bertz CT molecular complexity index is 610. The zero-order valence-corrected chi connectivity index (χ0v) is 12.0. The fourth-order valence-electron chi connectivity index (χ4n) is 2.70. The molecule has 1 aliphatic rings. The van der Waals surface area contributed by atoms with Gasteiger partial charge in [0.25, 0.3) is 0 Å². The molecule has 1 atom stereocenters. The highest BCUT2D eigenvalue weighted by Gasteiger charge is 2.35. The molecule has 1 unspecified atom stereocenters. The first-order chi connectivity index (χ1) is 9.56. The van der Waals surface area contributed by atoms with E-state index in [1.165, 1.54) is 0 Å². The third-order valence-electron chi connectivity index (χ3n) is 3.89. The van der Waals surface area contributed by atoms with Crippen LogP contribution in [-0.2, 0) is 4.79 Å². The van der Waals surface area contributed by atoms with Gasteiger partial charge in [0.1, 0.15) is 6.04 Å². The molecule has 6 heteroatoms. The number of amides is 1. The van der Waals surface area contributed by atoms with Gasteiger partial charge in [-0.05, 0) is 26.8 Å². The molecule has 1 fully saturated rings. The van der Waals surface area contributed by atoms with E-state index in [2.05, 4.69) is 23.1 Å². The van der Waals surface area contributed by atoms with Crippen LogP contribution >= 0.6 is 0 Å². The van der Waals surface area contributed by atoms with E-state index >= 15 is 0 Å². The number of likely N-dealkylation sites (tertiary alicyclic amines) is 1. The third kappa shape index (κ3) is 2.11. The molecular formula is C14H19N5O. The van der Waals surface area contributed by atoms with Crippen LogP contribution < -0.4 is 0 Å². The number of carbonyl (C=O) groups is 1. The molecule has 2 aromatic rings. The zero-order chi connectivity index (χ0) is 14.3. The molecule has 0 saturated carbocycles. The van der Waals surface area contributed by atoms with E-state index in [1.807, 2.05) is 34.2 Å². The van der Waals surface area contributed by atoms with Gasteiger partial charge in [0, 0.05) is 31.2 Å². The Morgan fingerprint density at radius 3 is 2.70 bits per heavy atom. The van der Waals surface area contributed by atoms with Crippen LogP contribution in [0.4, 0.5) is 0 Å². The molecule has 0 N–H and O–H groups in total. The van der Waals surface area contributed by atoms with Crippen molar-refractivity contribution in [1.82, 2.24) is 24.2 Å². The SMILES string of the molecule is Cc1cc(C)n(C2CN(C(=O)C(C)n3ccnc3)C2)n1. The number of imidazole rings is 1.